The van der Waals surface area contributed by atoms with Gasteiger partial charge in [0.1, 0.15) is 18.2 Å². The fourth-order valence-corrected chi connectivity index (χ4v) is 5.21. The second-order valence-electron chi connectivity index (χ2n) is 9.44. The number of carbonyl (C=O) groups excluding carboxylic acids is 1. The Kier molecular flexibility index (Phi) is 7.53. The molecule has 7 nitrogen and oxygen atoms in total. The standard InChI is InChI=1S/C27H28ClF2N5O2/c28-24-20(21(29)8-9-22(24)30)16-37-26-25(31)32-14-23(33-26)17-5-3-6-18(13-17)27(36)35-12-4-7-19(35)15-34-10-1-2-11-34/h3,5-6,8-9,13-14,19H,1-2,4,7,10-12,15-16H2,(H2,31,32)/t19-/m0/s1. The van der Waals surface area contributed by atoms with Crippen LogP contribution in [0.25, 0.3) is 11.3 Å². The van der Waals surface area contributed by atoms with E-state index in [1.54, 1.807) is 18.2 Å². The summed E-state index contributed by atoms with van der Waals surface area (Å²) in [4.78, 5) is 26.4. The molecule has 2 saturated heterocycles. The molecule has 37 heavy (non-hydrogen) atoms. The molecule has 194 valence electrons. The summed E-state index contributed by atoms with van der Waals surface area (Å²) in [5.74, 6) is -1.51. The smallest absolute Gasteiger partial charge is 0.258 e. The first kappa shape index (κ1) is 25.4. The fourth-order valence-electron chi connectivity index (χ4n) is 5.00. The quantitative estimate of drug-likeness (QED) is 0.438. The Morgan fingerprint density at radius 3 is 2.70 bits per heavy atom. The summed E-state index contributed by atoms with van der Waals surface area (Å²) in [6, 6.07) is 9.34. The van der Waals surface area contributed by atoms with Crippen LogP contribution in [0.4, 0.5) is 14.6 Å². The summed E-state index contributed by atoms with van der Waals surface area (Å²) in [5, 5.41) is -0.362. The van der Waals surface area contributed by atoms with Crippen LogP contribution in [-0.4, -0.2) is 57.9 Å². The summed E-state index contributed by atoms with van der Waals surface area (Å²) in [6.07, 6.45) is 5.95. The minimum Gasteiger partial charge on any atom is -0.470 e. The van der Waals surface area contributed by atoms with E-state index in [4.69, 9.17) is 22.1 Å². The van der Waals surface area contributed by atoms with Gasteiger partial charge in [-0.1, -0.05) is 23.7 Å². The fraction of sp³-hybridized carbons (Fsp3) is 0.370. The number of nitrogens with two attached hydrogens (primary N) is 1. The number of benzene rings is 2. The van der Waals surface area contributed by atoms with Crippen LogP contribution in [0.1, 0.15) is 41.6 Å². The summed E-state index contributed by atoms with van der Waals surface area (Å²) in [7, 11) is 0. The van der Waals surface area contributed by atoms with Gasteiger partial charge < -0.3 is 20.3 Å². The highest BCUT2D eigenvalue weighted by molar-refractivity contribution is 6.31. The number of ether oxygens (including phenoxy) is 1. The van der Waals surface area contributed by atoms with Crippen LogP contribution in [0.5, 0.6) is 5.88 Å². The molecule has 0 unspecified atom stereocenters. The van der Waals surface area contributed by atoms with Gasteiger partial charge in [0, 0.05) is 35.8 Å². The highest BCUT2D eigenvalue weighted by Crippen LogP contribution is 2.28. The predicted octanol–water partition coefficient (Wildman–Crippen LogP) is 4.94. The number of likely N-dealkylation sites (tertiary alicyclic amines) is 2. The molecular weight excluding hydrogens is 500 g/mol. The van der Waals surface area contributed by atoms with Gasteiger partial charge in [0.2, 0.25) is 0 Å². The van der Waals surface area contributed by atoms with Crippen LogP contribution in [0, 0.1) is 11.6 Å². The molecule has 3 heterocycles. The number of anilines is 1. The molecule has 0 spiro atoms. The van der Waals surface area contributed by atoms with E-state index in [1.807, 2.05) is 11.0 Å². The number of carbonyl (C=O) groups is 1. The maximum absolute atomic E-state index is 14.1. The van der Waals surface area contributed by atoms with Gasteiger partial charge in [-0.15, -0.1) is 0 Å². The molecule has 1 amide bonds. The minimum absolute atomic E-state index is 0.000328. The molecule has 2 fully saturated rings. The summed E-state index contributed by atoms with van der Waals surface area (Å²) >= 11 is 5.89. The number of hydrogen-bond acceptors (Lipinski definition) is 6. The van der Waals surface area contributed by atoms with Crippen molar-refractivity contribution in [3.63, 3.8) is 0 Å². The zero-order chi connectivity index (χ0) is 25.9. The van der Waals surface area contributed by atoms with Crippen molar-refractivity contribution in [2.45, 2.75) is 38.3 Å². The lowest BCUT2D eigenvalue weighted by Crippen LogP contribution is -2.42. The number of aromatic nitrogens is 2. The SMILES string of the molecule is Nc1ncc(-c2cccc(C(=O)N3CCC[C@H]3CN3CCCC3)c2)nc1OCc1c(F)ccc(F)c1Cl. The normalized spacial score (nSPS) is 17.9. The highest BCUT2D eigenvalue weighted by atomic mass is 35.5. The molecule has 5 rings (SSSR count). The minimum atomic E-state index is -0.753. The summed E-state index contributed by atoms with van der Waals surface area (Å²) in [5.41, 5.74) is 7.43. The van der Waals surface area contributed by atoms with Crippen molar-refractivity contribution >= 4 is 23.3 Å². The molecule has 0 bridgehead atoms. The Morgan fingerprint density at radius 1 is 1.11 bits per heavy atom. The van der Waals surface area contributed by atoms with Gasteiger partial charge in [-0.25, -0.2) is 18.7 Å². The van der Waals surface area contributed by atoms with Crippen LogP contribution in [0.15, 0.2) is 42.6 Å². The van der Waals surface area contributed by atoms with Gasteiger partial charge in [-0.3, -0.25) is 4.79 Å². The average molecular weight is 528 g/mol. The zero-order valence-corrected chi connectivity index (χ0v) is 21.1. The van der Waals surface area contributed by atoms with E-state index in [0.717, 1.165) is 51.2 Å². The highest BCUT2D eigenvalue weighted by Gasteiger charge is 2.31. The number of nitrogens with zero attached hydrogens (tertiary/aromatic N) is 4. The number of nitrogen functional groups attached to an aromatic ring is 1. The van der Waals surface area contributed by atoms with Crippen molar-refractivity contribution in [1.82, 2.24) is 19.8 Å². The first-order valence-electron chi connectivity index (χ1n) is 12.4. The van der Waals surface area contributed by atoms with E-state index in [9.17, 15) is 13.6 Å². The monoisotopic (exact) mass is 527 g/mol. The van der Waals surface area contributed by atoms with E-state index in [0.29, 0.717) is 16.8 Å². The van der Waals surface area contributed by atoms with E-state index in [2.05, 4.69) is 14.9 Å². The molecule has 0 saturated carbocycles. The summed E-state index contributed by atoms with van der Waals surface area (Å²) < 4.78 is 33.4. The van der Waals surface area contributed by atoms with E-state index in [1.165, 1.54) is 19.0 Å². The molecule has 10 heteroatoms. The van der Waals surface area contributed by atoms with Gasteiger partial charge in [0.15, 0.2) is 5.82 Å². The van der Waals surface area contributed by atoms with Crippen LogP contribution in [-0.2, 0) is 6.61 Å². The molecule has 1 aromatic heterocycles. The molecule has 1 atom stereocenters. The zero-order valence-electron chi connectivity index (χ0n) is 20.3. The Hall–Kier alpha value is -3.30. The van der Waals surface area contributed by atoms with Crippen molar-refractivity contribution in [3.05, 3.63) is 70.4 Å². The van der Waals surface area contributed by atoms with Gasteiger partial charge >= 0.3 is 0 Å². The molecule has 2 aromatic carbocycles. The average Bonchev–Trinajstić information content (AvgIpc) is 3.59. The molecular formula is C27H28ClF2N5O2. The van der Waals surface area contributed by atoms with Crippen LogP contribution >= 0.6 is 11.6 Å². The number of hydrogen-bond donors (Lipinski definition) is 1. The summed E-state index contributed by atoms with van der Waals surface area (Å²) in [6.45, 7) is 3.50. The Bertz CT molecular complexity index is 1300. The van der Waals surface area contributed by atoms with Crippen molar-refractivity contribution in [2.24, 2.45) is 0 Å². The van der Waals surface area contributed by atoms with Crippen LogP contribution in [0.2, 0.25) is 5.02 Å². The van der Waals surface area contributed by atoms with Crippen molar-refractivity contribution < 1.29 is 18.3 Å². The van der Waals surface area contributed by atoms with Crippen LogP contribution in [0.3, 0.4) is 0 Å². The third kappa shape index (κ3) is 5.52. The Morgan fingerprint density at radius 2 is 1.89 bits per heavy atom. The van der Waals surface area contributed by atoms with E-state index in [-0.39, 0.29) is 40.8 Å². The van der Waals surface area contributed by atoms with Gasteiger partial charge in [0.25, 0.3) is 11.8 Å². The topological polar surface area (TPSA) is 84.6 Å². The van der Waals surface area contributed by atoms with Gasteiger partial charge in [-0.2, -0.15) is 0 Å². The Labute approximate surface area is 219 Å². The first-order valence-corrected chi connectivity index (χ1v) is 12.8. The lowest BCUT2D eigenvalue weighted by atomic mass is 10.1. The molecule has 2 aliphatic rings. The van der Waals surface area contributed by atoms with Gasteiger partial charge in [-0.05, 0) is 63.0 Å². The number of amides is 1. The first-order chi connectivity index (χ1) is 17.9. The van der Waals surface area contributed by atoms with Gasteiger partial charge in [0.05, 0.1) is 16.9 Å². The van der Waals surface area contributed by atoms with E-state index >= 15 is 0 Å². The third-order valence-electron chi connectivity index (χ3n) is 6.97. The Balaban J connectivity index is 1.33. The van der Waals surface area contributed by atoms with Crippen LogP contribution < -0.4 is 10.5 Å². The maximum Gasteiger partial charge on any atom is 0.258 e. The van der Waals surface area contributed by atoms with Crippen molar-refractivity contribution in [2.75, 3.05) is 31.9 Å². The lowest BCUT2D eigenvalue weighted by Gasteiger charge is -2.28. The van der Waals surface area contributed by atoms with Crippen molar-refractivity contribution in [1.29, 1.82) is 0 Å². The van der Waals surface area contributed by atoms with E-state index < -0.39 is 11.6 Å². The number of halogens is 3. The molecule has 0 radical (unpaired) electrons. The number of rotatable bonds is 7. The second kappa shape index (κ2) is 11.0. The lowest BCUT2D eigenvalue weighted by molar-refractivity contribution is 0.0709. The molecule has 3 aromatic rings. The third-order valence-corrected chi connectivity index (χ3v) is 7.38. The molecule has 2 aliphatic heterocycles. The molecule has 0 aliphatic carbocycles. The predicted molar refractivity (Wildman–Crippen MR) is 137 cm³/mol. The second-order valence-corrected chi connectivity index (χ2v) is 9.82. The maximum atomic E-state index is 14.1. The molecule has 2 N–H and O–H groups in total. The van der Waals surface area contributed by atoms with Crippen molar-refractivity contribution in [3.8, 4) is 17.1 Å². The largest absolute Gasteiger partial charge is 0.470 e.